The molecule has 4 nitrogen and oxygen atoms in total. The van der Waals surface area contributed by atoms with E-state index in [2.05, 4.69) is 21.4 Å². The SMILES string of the molecule is CSc1ccc(NC(=O)CSc2nc3ccc(C)cc3[nH]2)cc1. The number of rotatable bonds is 5. The Morgan fingerprint density at radius 3 is 2.74 bits per heavy atom. The van der Waals surface area contributed by atoms with Gasteiger partial charge in [-0.15, -0.1) is 11.8 Å². The van der Waals surface area contributed by atoms with Crippen LogP contribution < -0.4 is 5.32 Å². The molecule has 0 atom stereocenters. The normalized spacial score (nSPS) is 10.9. The Kier molecular flexibility index (Phi) is 4.93. The van der Waals surface area contributed by atoms with E-state index in [9.17, 15) is 4.79 Å². The fourth-order valence-electron chi connectivity index (χ4n) is 2.17. The van der Waals surface area contributed by atoms with Crippen LogP contribution in [0.25, 0.3) is 11.0 Å². The summed E-state index contributed by atoms with van der Waals surface area (Å²) in [5.74, 6) is 0.284. The van der Waals surface area contributed by atoms with Gasteiger partial charge in [-0.1, -0.05) is 17.8 Å². The van der Waals surface area contributed by atoms with E-state index in [0.29, 0.717) is 5.75 Å². The smallest absolute Gasteiger partial charge is 0.234 e. The highest BCUT2D eigenvalue weighted by Gasteiger charge is 2.07. The van der Waals surface area contributed by atoms with Crippen LogP contribution in [-0.2, 0) is 4.79 Å². The summed E-state index contributed by atoms with van der Waals surface area (Å²) in [5.41, 5.74) is 3.92. The molecule has 0 saturated carbocycles. The summed E-state index contributed by atoms with van der Waals surface area (Å²) in [5, 5.41) is 3.66. The van der Waals surface area contributed by atoms with Crippen LogP contribution in [0.2, 0.25) is 0 Å². The highest BCUT2D eigenvalue weighted by Crippen LogP contribution is 2.21. The molecule has 3 rings (SSSR count). The van der Waals surface area contributed by atoms with E-state index in [-0.39, 0.29) is 5.91 Å². The topological polar surface area (TPSA) is 57.8 Å². The van der Waals surface area contributed by atoms with Crippen molar-refractivity contribution in [3.8, 4) is 0 Å². The Labute approximate surface area is 143 Å². The summed E-state index contributed by atoms with van der Waals surface area (Å²) in [6.07, 6.45) is 2.03. The molecule has 118 valence electrons. The summed E-state index contributed by atoms with van der Waals surface area (Å²) < 4.78 is 0. The van der Waals surface area contributed by atoms with Crippen LogP contribution in [0.3, 0.4) is 0 Å². The third-order valence-corrected chi connectivity index (χ3v) is 4.95. The molecule has 0 saturated heterocycles. The number of benzene rings is 2. The Hall–Kier alpha value is -1.92. The zero-order valence-corrected chi connectivity index (χ0v) is 14.6. The molecule has 0 aliphatic rings. The number of thioether (sulfide) groups is 2. The molecule has 0 aliphatic heterocycles. The number of nitrogens with one attached hydrogen (secondary N) is 2. The van der Waals surface area contributed by atoms with Gasteiger partial charge in [0.05, 0.1) is 16.8 Å². The maximum atomic E-state index is 12.0. The van der Waals surface area contributed by atoms with E-state index >= 15 is 0 Å². The number of aromatic amines is 1. The quantitative estimate of drug-likeness (QED) is 0.677. The Bertz CT molecular complexity index is 827. The minimum absolute atomic E-state index is 0.0384. The number of imidazole rings is 1. The van der Waals surface area contributed by atoms with E-state index in [4.69, 9.17) is 0 Å². The molecule has 23 heavy (non-hydrogen) atoms. The van der Waals surface area contributed by atoms with Crippen LogP contribution in [0.5, 0.6) is 0 Å². The summed E-state index contributed by atoms with van der Waals surface area (Å²) in [6, 6.07) is 13.9. The predicted molar refractivity (Wildman–Crippen MR) is 98.4 cm³/mol. The average molecular weight is 343 g/mol. The Morgan fingerprint density at radius 1 is 1.22 bits per heavy atom. The maximum Gasteiger partial charge on any atom is 0.234 e. The lowest BCUT2D eigenvalue weighted by Crippen LogP contribution is -2.13. The van der Waals surface area contributed by atoms with E-state index in [1.807, 2.05) is 49.6 Å². The number of aryl methyl sites for hydroxylation is 1. The van der Waals surface area contributed by atoms with Crippen LogP contribution >= 0.6 is 23.5 Å². The van der Waals surface area contributed by atoms with Gasteiger partial charge in [0.15, 0.2) is 5.16 Å². The number of amides is 1. The number of carbonyl (C=O) groups excluding carboxylic acids is 1. The lowest BCUT2D eigenvalue weighted by Gasteiger charge is -2.05. The van der Waals surface area contributed by atoms with Gasteiger partial charge in [0, 0.05) is 10.6 Å². The number of H-pyrrole nitrogens is 1. The lowest BCUT2D eigenvalue weighted by molar-refractivity contribution is -0.113. The first-order chi connectivity index (χ1) is 11.1. The second-order valence-corrected chi connectivity index (χ2v) is 6.97. The van der Waals surface area contributed by atoms with Gasteiger partial charge in [-0.05, 0) is 55.1 Å². The number of fused-ring (bicyclic) bond motifs is 1. The summed E-state index contributed by atoms with van der Waals surface area (Å²) in [6.45, 7) is 2.04. The third-order valence-electron chi connectivity index (χ3n) is 3.33. The third kappa shape index (κ3) is 4.09. The Morgan fingerprint density at radius 2 is 2.00 bits per heavy atom. The molecule has 0 aliphatic carbocycles. The van der Waals surface area contributed by atoms with Crippen LogP contribution in [0.4, 0.5) is 5.69 Å². The second kappa shape index (κ2) is 7.10. The standard InChI is InChI=1S/C17H17N3OS2/c1-11-3-8-14-15(9-11)20-17(19-14)23-10-16(21)18-12-4-6-13(22-2)7-5-12/h3-9H,10H2,1-2H3,(H,18,21)(H,19,20). The number of nitrogens with zero attached hydrogens (tertiary/aromatic N) is 1. The fraction of sp³-hybridized carbons (Fsp3) is 0.176. The van der Waals surface area contributed by atoms with Crippen molar-refractivity contribution < 1.29 is 4.79 Å². The van der Waals surface area contributed by atoms with Gasteiger partial charge in [0.2, 0.25) is 5.91 Å². The van der Waals surface area contributed by atoms with Gasteiger partial charge in [-0.3, -0.25) is 4.79 Å². The lowest BCUT2D eigenvalue weighted by atomic mass is 10.2. The molecule has 0 radical (unpaired) electrons. The molecule has 2 N–H and O–H groups in total. The monoisotopic (exact) mass is 343 g/mol. The van der Waals surface area contributed by atoms with E-state index in [1.54, 1.807) is 11.8 Å². The number of hydrogen-bond donors (Lipinski definition) is 2. The predicted octanol–water partition coefficient (Wildman–Crippen LogP) is 4.32. The van der Waals surface area contributed by atoms with Gasteiger partial charge in [-0.2, -0.15) is 0 Å². The van der Waals surface area contributed by atoms with Gasteiger partial charge in [-0.25, -0.2) is 4.98 Å². The van der Waals surface area contributed by atoms with E-state index in [1.165, 1.54) is 22.2 Å². The molecule has 2 aromatic carbocycles. The van der Waals surface area contributed by atoms with Crippen molar-refractivity contribution in [3.63, 3.8) is 0 Å². The summed E-state index contributed by atoms with van der Waals surface area (Å²) >= 11 is 3.08. The summed E-state index contributed by atoms with van der Waals surface area (Å²) in [4.78, 5) is 20.9. The number of carbonyl (C=O) groups is 1. The highest BCUT2D eigenvalue weighted by molar-refractivity contribution is 7.99. The van der Waals surface area contributed by atoms with Crippen molar-refractivity contribution in [2.24, 2.45) is 0 Å². The first-order valence-electron chi connectivity index (χ1n) is 7.17. The van der Waals surface area contributed by atoms with Crippen molar-refractivity contribution in [1.29, 1.82) is 0 Å². The molecule has 0 unspecified atom stereocenters. The maximum absolute atomic E-state index is 12.0. The van der Waals surface area contributed by atoms with Crippen molar-refractivity contribution >= 4 is 46.2 Å². The molecule has 3 aromatic rings. The first-order valence-corrected chi connectivity index (χ1v) is 9.38. The zero-order chi connectivity index (χ0) is 16.2. The van der Waals surface area contributed by atoms with Gasteiger partial charge in [0.25, 0.3) is 0 Å². The van der Waals surface area contributed by atoms with Crippen LogP contribution in [0.15, 0.2) is 52.5 Å². The highest BCUT2D eigenvalue weighted by atomic mass is 32.2. The molecule has 0 fully saturated rings. The van der Waals surface area contributed by atoms with Crippen molar-refractivity contribution in [2.45, 2.75) is 17.0 Å². The average Bonchev–Trinajstić information content (AvgIpc) is 2.95. The molecule has 0 spiro atoms. The minimum Gasteiger partial charge on any atom is -0.333 e. The Balaban J connectivity index is 1.58. The largest absolute Gasteiger partial charge is 0.333 e. The number of anilines is 1. The van der Waals surface area contributed by atoms with Crippen molar-refractivity contribution in [2.75, 3.05) is 17.3 Å². The molecular formula is C17H17N3OS2. The molecule has 1 amide bonds. The van der Waals surface area contributed by atoms with Crippen molar-refractivity contribution in [3.05, 3.63) is 48.0 Å². The number of hydrogen-bond acceptors (Lipinski definition) is 4. The summed E-state index contributed by atoms with van der Waals surface area (Å²) in [7, 11) is 0. The van der Waals surface area contributed by atoms with Gasteiger partial charge in [0.1, 0.15) is 0 Å². The second-order valence-electron chi connectivity index (χ2n) is 5.13. The van der Waals surface area contributed by atoms with E-state index in [0.717, 1.165) is 21.9 Å². The van der Waals surface area contributed by atoms with Crippen LogP contribution in [0, 0.1) is 6.92 Å². The van der Waals surface area contributed by atoms with Crippen molar-refractivity contribution in [1.82, 2.24) is 9.97 Å². The fourth-order valence-corrected chi connectivity index (χ4v) is 3.27. The molecule has 0 bridgehead atoms. The minimum atomic E-state index is -0.0384. The molecular weight excluding hydrogens is 326 g/mol. The molecule has 1 aromatic heterocycles. The van der Waals surface area contributed by atoms with E-state index < -0.39 is 0 Å². The zero-order valence-electron chi connectivity index (χ0n) is 12.9. The first kappa shape index (κ1) is 16.0. The van der Waals surface area contributed by atoms with Gasteiger partial charge < -0.3 is 10.3 Å². The molecule has 1 heterocycles. The van der Waals surface area contributed by atoms with Gasteiger partial charge >= 0.3 is 0 Å². The van der Waals surface area contributed by atoms with Crippen LogP contribution in [-0.4, -0.2) is 27.9 Å². The van der Waals surface area contributed by atoms with Crippen LogP contribution in [0.1, 0.15) is 5.56 Å². The number of aromatic nitrogens is 2. The molecule has 6 heteroatoms.